The van der Waals surface area contributed by atoms with Crippen LogP contribution in [0.3, 0.4) is 0 Å². The van der Waals surface area contributed by atoms with E-state index in [0.717, 1.165) is 0 Å². The van der Waals surface area contributed by atoms with Gasteiger partial charge in [-0.25, -0.2) is 0 Å². The lowest BCUT2D eigenvalue weighted by Crippen LogP contribution is -2.43. The number of rotatable bonds is 4. The fourth-order valence-electron chi connectivity index (χ4n) is 1.86. The van der Waals surface area contributed by atoms with E-state index >= 15 is 0 Å². The minimum Gasteiger partial charge on any atom is -0.483 e. The highest BCUT2D eigenvalue weighted by Crippen LogP contribution is 2.17. The topological polar surface area (TPSA) is 88.6 Å². The van der Waals surface area contributed by atoms with Crippen molar-refractivity contribution in [1.82, 2.24) is 4.90 Å². The molecule has 1 fully saturated rings. The molecule has 0 aliphatic carbocycles. The number of ether oxygens (including phenoxy) is 2. The maximum Gasteiger partial charge on any atom is 0.260 e. The van der Waals surface area contributed by atoms with E-state index in [1.807, 2.05) is 0 Å². The standard InChI is InChI=1S/C13H17N3O3.ClH/c14-13(15)10-3-1-2-4-11(10)19-9-12(17)16-5-7-18-8-6-16;/h1-4H,5-9H2,(H3,14,15);1H. The Balaban J connectivity index is 0.00000200. The molecule has 1 heterocycles. The molecule has 20 heavy (non-hydrogen) atoms. The molecule has 1 aliphatic heterocycles. The average molecular weight is 300 g/mol. The van der Waals surface area contributed by atoms with Crippen LogP contribution in [-0.4, -0.2) is 49.6 Å². The van der Waals surface area contributed by atoms with Gasteiger partial charge in [0.2, 0.25) is 0 Å². The number of nitrogens with one attached hydrogen (secondary N) is 1. The van der Waals surface area contributed by atoms with E-state index in [-0.39, 0.29) is 30.8 Å². The molecule has 6 nitrogen and oxygen atoms in total. The van der Waals surface area contributed by atoms with Crippen molar-refractivity contribution in [2.24, 2.45) is 5.73 Å². The Kier molecular flexibility index (Phi) is 6.27. The summed E-state index contributed by atoms with van der Waals surface area (Å²) >= 11 is 0. The highest BCUT2D eigenvalue weighted by Gasteiger charge is 2.17. The van der Waals surface area contributed by atoms with Crippen molar-refractivity contribution in [1.29, 1.82) is 5.41 Å². The van der Waals surface area contributed by atoms with Crippen LogP contribution < -0.4 is 10.5 Å². The van der Waals surface area contributed by atoms with Crippen LogP contribution in [0.2, 0.25) is 0 Å². The summed E-state index contributed by atoms with van der Waals surface area (Å²) in [5, 5.41) is 7.44. The molecule has 0 spiro atoms. The third-order valence-electron chi connectivity index (χ3n) is 2.89. The molecule has 0 bridgehead atoms. The van der Waals surface area contributed by atoms with Crippen molar-refractivity contribution in [2.45, 2.75) is 0 Å². The first-order valence-corrected chi connectivity index (χ1v) is 6.10. The van der Waals surface area contributed by atoms with Crippen LogP contribution in [0.1, 0.15) is 5.56 Å². The van der Waals surface area contributed by atoms with Crippen molar-refractivity contribution >= 4 is 24.1 Å². The van der Waals surface area contributed by atoms with E-state index in [1.54, 1.807) is 29.2 Å². The van der Waals surface area contributed by atoms with Gasteiger partial charge in [-0.1, -0.05) is 12.1 Å². The predicted molar refractivity (Wildman–Crippen MR) is 77.6 cm³/mol. The molecule has 0 atom stereocenters. The molecule has 0 radical (unpaired) electrons. The quantitative estimate of drug-likeness (QED) is 0.630. The first kappa shape index (κ1) is 16.3. The van der Waals surface area contributed by atoms with E-state index in [1.165, 1.54) is 0 Å². The van der Waals surface area contributed by atoms with Crippen LogP contribution in [0.25, 0.3) is 0 Å². The summed E-state index contributed by atoms with van der Waals surface area (Å²) in [6.45, 7) is 2.27. The van der Waals surface area contributed by atoms with Crippen molar-refractivity contribution in [3.05, 3.63) is 29.8 Å². The zero-order chi connectivity index (χ0) is 13.7. The number of amides is 1. The molecule has 1 aromatic rings. The zero-order valence-corrected chi connectivity index (χ0v) is 11.8. The first-order chi connectivity index (χ1) is 9.18. The molecule has 1 amide bonds. The Labute approximate surface area is 123 Å². The van der Waals surface area contributed by atoms with Crippen LogP contribution in [-0.2, 0) is 9.53 Å². The summed E-state index contributed by atoms with van der Waals surface area (Å²) in [7, 11) is 0. The van der Waals surface area contributed by atoms with Gasteiger partial charge >= 0.3 is 0 Å². The molecular weight excluding hydrogens is 282 g/mol. The van der Waals surface area contributed by atoms with Gasteiger partial charge in [0, 0.05) is 13.1 Å². The molecular formula is C13H18ClN3O3. The fraction of sp³-hybridized carbons (Fsp3) is 0.385. The minimum absolute atomic E-state index is 0. The second-order valence-electron chi connectivity index (χ2n) is 4.19. The minimum atomic E-state index is -0.0818. The number of halogens is 1. The van der Waals surface area contributed by atoms with Gasteiger partial charge in [-0.3, -0.25) is 10.2 Å². The maximum absolute atomic E-state index is 11.9. The summed E-state index contributed by atoms with van der Waals surface area (Å²) in [4.78, 5) is 13.6. The molecule has 110 valence electrons. The second kappa shape index (κ2) is 7.72. The third-order valence-corrected chi connectivity index (χ3v) is 2.89. The van der Waals surface area contributed by atoms with Crippen molar-refractivity contribution in [3.63, 3.8) is 0 Å². The first-order valence-electron chi connectivity index (χ1n) is 6.10. The lowest BCUT2D eigenvalue weighted by atomic mass is 10.2. The molecule has 3 N–H and O–H groups in total. The molecule has 0 unspecified atom stereocenters. The summed E-state index contributed by atoms with van der Waals surface area (Å²) < 4.78 is 10.6. The molecule has 1 aromatic carbocycles. The lowest BCUT2D eigenvalue weighted by Gasteiger charge is -2.26. The van der Waals surface area contributed by atoms with Gasteiger partial charge in [0.1, 0.15) is 11.6 Å². The highest BCUT2D eigenvalue weighted by molar-refractivity contribution is 5.97. The summed E-state index contributed by atoms with van der Waals surface area (Å²) in [6, 6.07) is 6.94. The Morgan fingerprint density at radius 1 is 1.35 bits per heavy atom. The van der Waals surface area contributed by atoms with Gasteiger partial charge in [0.05, 0.1) is 18.8 Å². The number of carbonyl (C=O) groups excluding carboxylic acids is 1. The van der Waals surface area contributed by atoms with Crippen LogP contribution in [0.4, 0.5) is 0 Å². The van der Waals surface area contributed by atoms with E-state index < -0.39 is 0 Å². The van der Waals surface area contributed by atoms with Crippen molar-refractivity contribution in [2.75, 3.05) is 32.9 Å². The summed E-state index contributed by atoms with van der Waals surface area (Å²) in [5.74, 6) is 0.299. The van der Waals surface area contributed by atoms with Gasteiger partial charge in [-0.15, -0.1) is 12.4 Å². The number of benzene rings is 1. The SMILES string of the molecule is Cl.N=C(N)c1ccccc1OCC(=O)N1CCOCC1. The number of para-hydroxylation sites is 1. The Hall–Kier alpha value is -1.79. The lowest BCUT2D eigenvalue weighted by molar-refractivity contribution is -0.137. The number of carbonyl (C=O) groups is 1. The Morgan fingerprint density at radius 2 is 2.00 bits per heavy atom. The van der Waals surface area contributed by atoms with Crippen LogP contribution >= 0.6 is 12.4 Å². The second-order valence-corrected chi connectivity index (χ2v) is 4.19. The van der Waals surface area contributed by atoms with E-state index in [0.29, 0.717) is 37.6 Å². The van der Waals surface area contributed by atoms with Crippen LogP contribution in [0.15, 0.2) is 24.3 Å². The zero-order valence-electron chi connectivity index (χ0n) is 11.0. The Morgan fingerprint density at radius 3 is 2.65 bits per heavy atom. The molecule has 0 saturated carbocycles. The summed E-state index contributed by atoms with van der Waals surface area (Å²) in [5.41, 5.74) is 5.95. The third kappa shape index (κ3) is 4.11. The van der Waals surface area contributed by atoms with Gasteiger partial charge in [0.15, 0.2) is 6.61 Å². The number of nitrogens with two attached hydrogens (primary N) is 1. The highest BCUT2D eigenvalue weighted by atomic mass is 35.5. The molecule has 1 saturated heterocycles. The Bertz CT molecular complexity index is 476. The molecule has 0 aromatic heterocycles. The van der Waals surface area contributed by atoms with Crippen LogP contribution in [0.5, 0.6) is 5.75 Å². The van der Waals surface area contributed by atoms with Crippen molar-refractivity contribution < 1.29 is 14.3 Å². The average Bonchev–Trinajstić information content (AvgIpc) is 2.46. The van der Waals surface area contributed by atoms with Gasteiger partial charge in [-0.05, 0) is 12.1 Å². The van der Waals surface area contributed by atoms with Crippen LogP contribution in [0, 0.1) is 5.41 Å². The van der Waals surface area contributed by atoms with E-state index in [4.69, 9.17) is 20.6 Å². The van der Waals surface area contributed by atoms with Gasteiger partial charge in [0.25, 0.3) is 5.91 Å². The molecule has 7 heteroatoms. The molecule has 1 aliphatic rings. The van der Waals surface area contributed by atoms with Gasteiger partial charge < -0.3 is 20.1 Å². The monoisotopic (exact) mass is 299 g/mol. The predicted octanol–water partition coefficient (Wildman–Crippen LogP) is 0.630. The smallest absolute Gasteiger partial charge is 0.260 e. The van der Waals surface area contributed by atoms with E-state index in [9.17, 15) is 4.79 Å². The fourth-order valence-corrected chi connectivity index (χ4v) is 1.86. The van der Waals surface area contributed by atoms with Gasteiger partial charge in [-0.2, -0.15) is 0 Å². The van der Waals surface area contributed by atoms with E-state index in [2.05, 4.69) is 0 Å². The number of nitrogens with zero attached hydrogens (tertiary/aromatic N) is 1. The number of hydrogen-bond acceptors (Lipinski definition) is 4. The van der Waals surface area contributed by atoms with Crippen molar-refractivity contribution in [3.8, 4) is 5.75 Å². The number of hydrogen-bond donors (Lipinski definition) is 2. The number of amidine groups is 1. The number of nitrogen functional groups attached to an aromatic ring is 1. The number of morpholine rings is 1. The molecule has 2 rings (SSSR count). The normalized spacial score (nSPS) is 14.3. The summed E-state index contributed by atoms with van der Waals surface area (Å²) in [6.07, 6.45) is 0. The maximum atomic E-state index is 11.9. The largest absolute Gasteiger partial charge is 0.483 e.